The van der Waals surface area contributed by atoms with Gasteiger partial charge < -0.3 is 0 Å². The normalized spacial score (nSPS) is 32.2. The molecule has 0 radical (unpaired) electrons. The lowest BCUT2D eigenvalue weighted by molar-refractivity contribution is 0.219. The van der Waals surface area contributed by atoms with E-state index in [2.05, 4.69) is 65.6 Å². The van der Waals surface area contributed by atoms with E-state index in [1.54, 1.807) is 0 Å². The molecule has 1 saturated heterocycles. The van der Waals surface area contributed by atoms with Crippen molar-refractivity contribution in [1.29, 1.82) is 0 Å². The zero-order chi connectivity index (χ0) is 15.9. The molecule has 1 saturated carbocycles. The van der Waals surface area contributed by atoms with Crippen LogP contribution in [0.4, 0.5) is 0 Å². The zero-order valence-corrected chi connectivity index (χ0v) is 14.0. The van der Waals surface area contributed by atoms with Crippen molar-refractivity contribution < 1.29 is 0 Å². The molecule has 0 bridgehead atoms. The highest BCUT2D eigenvalue weighted by Gasteiger charge is 2.60. The lowest BCUT2D eigenvalue weighted by Gasteiger charge is -2.28. The van der Waals surface area contributed by atoms with Crippen LogP contribution in [0.5, 0.6) is 0 Å². The molecule has 2 heterocycles. The number of hydrogen-bond acceptors (Lipinski definition) is 2. The van der Waals surface area contributed by atoms with Crippen LogP contribution in [0.2, 0.25) is 0 Å². The number of hydrogen-bond donors (Lipinski definition) is 0. The summed E-state index contributed by atoms with van der Waals surface area (Å²) in [5.41, 5.74) is 4.08. The largest absolute Gasteiger partial charge is 0.268 e. The minimum atomic E-state index is 0.399. The van der Waals surface area contributed by atoms with Gasteiger partial charge in [0.05, 0.1) is 17.8 Å². The quantitative estimate of drug-likeness (QED) is 0.741. The van der Waals surface area contributed by atoms with Crippen molar-refractivity contribution in [3.05, 3.63) is 71.8 Å². The van der Waals surface area contributed by atoms with E-state index in [1.165, 1.54) is 48.9 Å². The van der Waals surface area contributed by atoms with Gasteiger partial charge in [0.15, 0.2) is 0 Å². The second-order valence-electron chi connectivity index (χ2n) is 7.44. The van der Waals surface area contributed by atoms with E-state index >= 15 is 0 Å². The fraction of sp³-hybridized carbons (Fsp3) is 0.409. The van der Waals surface area contributed by atoms with Gasteiger partial charge in [-0.3, -0.25) is 9.89 Å². The second-order valence-corrected chi connectivity index (χ2v) is 7.44. The van der Waals surface area contributed by atoms with Gasteiger partial charge in [-0.1, -0.05) is 79.9 Å². The van der Waals surface area contributed by atoms with Crippen LogP contribution in [0, 0.1) is 5.92 Å². The number of nitrogens with zero attached hydrogens (tertiary/aromatic N) is 2. The molecule has 0 aromatic heterocycles. The average Bonchev–Trinajstić information content (AvgIpc) is 3.28. The number of aliphatic imine (C=N–C) groups is 1. The first kappa shape index (κ1) is 14.4. The Balaban J connectivity index is 1.50. The molecule has 2 aromatic carbocycles. The molecule has 0 amide bonds. The van der Waals surface area contributed by atoms with Gasteiger partial charge in [-0.15, -0.1) is 0 Å². The number of rotatable bonds is 3. The van der Waals surface area contributed by atoms with Crippen molar-refractivity contribution in [3.63, 3.8) is 0 Å². The van der Waals surface area contributed by atoms with Crippen molar-refractivity contribution in [2.75, 3.05) is 0 Å². The molecule has 1 aliphatic carbocycles. The van der Waals surface area contributed by atoms with Gasteiger partial charge in [-0.25, -0.2) is 0 Å². The fourth-order valence-corrected chi connectivity index (χ4v) is 4.79. The molecule has 0 spiro atoms. The molecule has 3 aliphatic rings. The first-order valence-corrected chi connectivity index (χ1v) is 9.39. The van der Waals surface area contributed by atoms with Crippen LogP contribution in [0.25, 0.3) is 0 Å². The van der Waals surface area contributed by atoms with E-state index in [4.69, 9.17) is 4.99 Å². The van der Waals surface area contributed by atoms with Crippen molar-refractivity contribution in [2.24, 2.45) is 10.9 Å². The summed E-state index contributed by atoms with van der Waals surface area (Å²) in [5, 5.41) is 0. The van der Waals surface area contributed by atoms with Crippen molar-refractivity contribution in [1.82, 2.24) is 4.90 Å². The third-order valence-corrected chi connectivity index (χ3v) is 5.99. The maximum Gasteiger partial charge on any atom is 0.106 e. The van der Waals surface area contributed by atoms with Gasteiger partial charge in [0.25, 0.3) is 0 Å². The molecule has 0 N–H and O–H groups in total. The van der Waals surface area contributed by atoms with Crippen molar-refractivity contribution >= 4 is 5.71 Å². The molecule has 122 valence electrons. The lowest BCUT2D eigenvalue weighted by atomic mass is 9.87. The molecule has 2 fully saturated rings. The van der Waals surface area contributed by atoms with Gasteiger partial charge in [-0.05, 0) is 29.9 Å². The molecule has 4 atom stereocenters. The first-order valence-electron chi connectivity index (χ1n) is 9.39. The van der Waals surface area contributed by atoms with E-state index < -0.39 is 0 Å². The topological polar surface area (TPSA) is 15.4 Å². The molecule has 24 heavy (non-hydrogen) atoms. The number of benzene rings is 2. The van der Waals surface area contributed by atoms with Gasteiger partial charge in [-0.2, -0.15) is 0 Å². The predicted molar refractivity (Wildman–Crippen MR) is 98.2 cm³/mol. The summed E-state index contributed by atoms with van der Waals surface area (Å²) in [4.78, 5) is 7.91. The smallest absolute Gasteiger partial charge is 0.106 e. The SMILES string of the molecule is c1ccc(C2=N[C@H](C3CCCCC3)N3[C@H]2[C@H]3c2ccccc2)cc1. The van der Waals surface area contributed by atoms with Crippen molar-refractivity contribution in [2.45, 2.75) is 50.4 Å². The highest BCUT2D eigenvalue weighted by molar-refractivity contribution is 6.08. The maximum atomic E-state index is 5.23. The van der Waals surface area contributed by atoms with Crippen LogP contribution in [0.3, 0.4) is 0 Å². The molecular formula is C22H24N2. The van der Waals surface area contributed by atoms with Crippen LogP contribution < -0.4 is 0 Å². The highest BCUT2D eigenvalue weighted by Crippen LogP contribution is 2.53. The Morgan fingerprint density at radius 3 is 2.12 bits per heavy atom. The van der Waals surface area contributed by atoms with Crippen molar-refractivity contribution in [3.8, 4) is 0 Å². The maximum absolute atomic E-state index is 5.23. The highest BCUT2D eigenvalue weighted by atomic mass is 15.5. The molecule has 2 nitrogen and oxygen atoms in total. The summed E-state index contributed by atoms with van der Waals surface area (Å²) in [6.45, 7) is 0. The molecule has 2 heteroatoms. The lowest BCUT2D eigenvalue weighted by Crippen LogP contribution is -2.27. The summed E-state index contributed by atoms with van der Waals surface area (Å²) in [5.74, 6) is 0.746. The van der Waals surface area contributed by atoms with Gasteiger partial charge in [0, 0.05) is 0 Å². The van der Waals surface area contributed by atoms with Crippen LogP contribution in [-0.2, 0) is 0 Å². The summed E-state index contributed by atoms with van der Waals surface area (Å²) in [6, 6.07) is 22.8. The Morgan fingerprint density at radius 2 is 1.42 bits per heavy atom. The molecular weight excluding hydrogens is 292 g/mol. The van der Waals surface area contributed by atoms with Gasteiger partial charge in [0.1, 0.15) is 6.17 Å². The Morgan fingerprint density at radius 1 is 0.750 bits per heavy atom. The van der Waals surface area contributed by atoms with E-state index in [9.17, 15) is 0 Å². The third kappa shape index (κ3) is 2.32. The number of fused-ring (bicyclic) bond motifs is 1. The minimum absolute atomic E-state index is 0.399. The van der Waals surface area contributed by atoms with Crippen LogP contribution >= 0.6 is 0 Å². The standard InChI is InChI=1S/C22H24N2/c1-4-10-16(11-5-1)19-21-20(17-12-6-2-7-13-17)24(21)22(23-19)18-14-8-3-9-15-18/h1-2,4-7,10-13,18,20-22H,3,8-9,14-15H2/t20-,21-,22+,24?/m1/s1. The summed E-state index contributed by atoms with van der Waals surface area (Å²) >= 11 is 0. The Kier molecular flexibility index (Phi) is 3.52. The van der Waals surface area contributed by atoms with E-state index in [0.29, 0.717) is 18.2 Å². The molecule has 2 aromatic rings. The first-order chi connectivity index (χ1) is 11.9. The second kappa shape index (κ2) is 5.86. The monoisotopic (exact) mass is 316 g/mol. The molecule has 5 rings (SSSR count). The third-order valence-electron chi connectivity index (χ3n) is 5.99. The minimum Gasteiger partial charge on any atom is -0.268 e. The van der Waals surface area contributed by atoms with E-state index in [1.807, 2.05) is 0 Å². The van der Waals surface area contributed by atoms with Crippen LogP contribution in [0.1, 0.15) is 49.3 Å². The van der Waals surface area contributed by atoms with Crippen LogP contribution in [-0.4, -0.2) is 22.8 Å². The molecule has 2 aliphatic heterocycles. The van der Waals surface area contributed by atoms with Gasteiger partial charge >= 0.3 is 0 Å². The molecule has 1 unspecified atom stereocenters. The summed E-state index contributed by atoms with van der Waals surface area (Å²) in [6.07, 6.45) is 7.26. The van der Waals surface area contributed by atoms with E-state index in [-0.39, 0.29) is 0 Å². The fourth-order valence-electron chi connectivity index (χ4n) is 4.79. The Hall–Kier alpha value is -1.93. The van der Waals surface area contributed by atoms with E-state index in [0.717, 1.165) is 5.92 Å². The van der Waals surface area contributed by atoms with Gasteiger partial charge in [0.2, 0.25) is 0 Å². The average molecular weight is 316 g/mol. The Bertz CT molecular complexity index is 731. The van der Waals surface area contributed by atoms with Crippen LogP contribution in [0.15, 0.2) is 65.7 Å². The zero-order valence-electron chi connectivity index (χ0n) is 14.0. The predicted octanol–water partition coefficient (Wildman–Crippen LogP) is 4.82. The summed E-state index contributed by atoms with van der Waals surface area (Å²) < 4.78 is 0. The summed E-state index contributed by atoms with van der Waals surface area (Å²) in [7, 11) is 0. The Labute approximate surface area is 144 Å².